The van der Waals surface area contributed by atoms with E-state index in [-0.39, 0.29) is 36.1 Å². The van der Waals surface area contributed by atoms with Crippen LogP contribution in [0.2, 0.25) is 0 Å². The molecule has 2 heterocycles. The quantitative estimate of drug-likeness (QED) is 0.126. The van der Waals surface area contributed by atoms with E-state index in [1.165, 1.54) is 44.6 Å². The molecule has 38 heavy (non-hydrogen) atoms. The summed E-state index contributed by atoms with van der Waals surface area (Å²) in [4.78, 5) is 48.2. The Kier molecular flexibility index (Phi) is 7.76. The molecule has 12 nitrogen and oxygen atoms in total. The lowest BCUT2D eigenvalue weighted by atomic mass is 10.1. The minimum atomic E-state index is -0.673. The van der Waals surface area contributed by atoms with Crippen LogP contribution in [-0.2, 0) is 22.7 Å². The van der Waals surface area contributed by atoms with Crippen molar-refractivity contribution in [2.75, 3.05) is 14.2 Å². The number of hydrogen-bond acceptors (Lipinski definition) is 9. The number of esters is 1. The first kappa shape index (κ1) is 26.4. The number of furan rings is 1. The predicted octanol–water partition coefficient (Wildman–Crippen LogP) is 4.42. The van der Waals surface area contributed by atoms with Gasteiger partial charge in [-0.2, -0.15) is 0 Å². The fraction of sp³-hybridized carbons (Fsp3) is 0.160. The molecular weight excluding hydrogens is 566 g/mol. The summed E-state index contributed by atoms with van der Waals surface area (Å²) < 4.78 is 21.7. The molecule has 0 saturated carbocycles. The maximum Gasteiger partial charge on any atom is 0.373 e. The average Bonchev–Trinajstić information content (AvgIpc) is 3.48. The zero-order valence-corrected chi connectivity index (χ0v) is 21.6. The van der Waals surface area contributed by atoms with Crippen LogP contribution in [0.15, 0.2) is 63.1 Å². The van der Waals surface area contributed by atoms with E-state index in [1.807, 2.05) is 0 Å². The van der Waals surface area contributed by atoms with Crippen molar-refractivity contribution >= 4 is 45.6 Å². The molecular formula is C25H20BrN3O9. The first-order valence-corrected chi connectivity index (χ1v) is 11.7. The van der Waals surface area contributed by atoms with Gasteiger partial charge in [-0.05, 0) is 53.6 Å². The highest BCUT2D eigenvalue weighted by Crippen LogP contribution is 2.35. The topological polar surface area (TPSA) is 150 Å². The van der Waals surface area contributed by atoms with Gasteiger partial charge in [0.05, 0.1) is 25.7 Å². The van der Waals surface area contributed by atoms with Gasteiger partial charge in [0.15, 0.2) is 11.5 Å². The fourth-order valence-electron chi connectivity index (χ4n) is 3.51. The van der Waals surface area contributed by atoms with E-state index >= 15 is 0 Å². The van der Waals surface area contributed by atoms with Crippen LogP contribution in [-0.4, -0.2) is 42.0 Å². The molecule has 1 aliphatic heterocycles. The number of nitrogens with one attached hydrogen (secondary N) is 1. The van der Waals surface area contributed by atoms with Gasteiger partial charge in [0.25, 0.3) is 11.6 Å². The lowest BCUT2D eigenvalue weighted by Crippen LogP contribution is -2.30. The van der Waals surface area contributed by atoms with Crippen molar-refractivity contribution in [3.8, 4) is 11.5 Å². The Morgan fingerprint density at radius 2 is 1.87 bits per heavy atom. The number of ether oxygens (including phenoxy) is 3. The van der Waals surface area contributed by atoms with Crippen LogP contribution in [0, 0.1) is 10.1 Å². The summed E-state index contributed by atoms with van der Waals surface area (Å²) >= 11 is 3.45. The van der Waals surface area contributed by atoms with Crippen molar-refractivity contribution in [1.82, 2.24) is 10.2 Å². The van der Waals surface area contributed by atoms with Gasteiger partial charge in [-0.25, -0.2) is 9.59 Å². The Morgan fingerprint density at radius 3 is 2.53 bits per heavy atom. The summed E-state index contributed by atoms with van der Waals surface area (Å²) in [7, 11) is 2.67. The summed E-state index contributed by atoms with van der Waals surface area (Å²) in [6.07, 6.45) is 1.48. The summed E-state index contributed by atoms with van der Waals surface area (Å²) in [6.45, 7) is -0.0475. The molecule has 3 aromatic rings. The van der Waals surface area contributed by atoms with Crippen LogP contribution in [0.3, 0.4) is 0 Å². The highest BCUT2D eigenvalue weighted by molar-refractivity contribution is 9.10. The third kappa shape index (κ3) is 5.67. The Balaban J connectivity index is 1.49. The van der Waals surface area contributed by atoms with Gasteiger partial charge >= 0.3 is 12.0 Å². The second kappa shape index (κ2) is 11.2. The van der Waals surface area contributed by atoms with Gasteiger partial charge in [0.2, 0.25) is 5.76 Å². The molecule has 1 aliphatic rings. The Morgan fingerprint density at radius 1 is 1.13 bits per heavy atom. The molecule has 0 spiro atoms. The molecule has 0 bridgehead atoms. The minimum Gasteiger partial charge on any atom is -0.493 e. The van der Waals surface area contributed by atoms with Crippen molar-refractivity contribution in [3.05, 3.63) is 91.5 Å². The van der Waals surface area contributed by atoms with E-state index in [0.29, 0.717) is 21.5 Å². The number of hydrogen-bond donors (Lipinski definition) is 1. The van der Waals surface area contributed by atoms with Crippen molar-refractivity contribution in [3.63, 3.8) is 0 Å². The Bertz CT molecular complexity index is 1450. The molecule has 0 radical (unpaired) electrons. The second-order valence-corrected chi connectivity index (χ2v) is 8.73. The van der Waals surface area contributed by atoms with Gasteiger partial charge in [0, 0.05) is 16.6 Å². The molecule has 196 valence electrons. The number of carbonyl (C=O) groups is 3. The smallest absolute Gasteiger partial charge is 0.373 e. The molecule has 0 atom stereocenters. The van der Waals surface area contributed by atoms with Crippen LogP contribution in [0.5, 0.6) is 11.5 Å². The van der Waals surface area contributed by atoms with Crippen LogP contribution in [0.25, 0.3) is 6.08 Å². The van der Waals surface area contributed by atoms with Gasteiger partial charge < -0.3 is 23.9 Å². The number of rotatable bonds is 9. The summed E-state index contributed by atoms with van der Waals surface area (Å²) in [5.41, 5.74) is 1.25. The van der Waals surface area contributed by atoms with Gasteiger partial charge in [-0.3, -0.25) is 19.8 Å². The van der Waals surface area contributed by atoms with Gasteiger partial charge in [-0.1, -0.05) is 15.9 Å². The molecule has 1 fully saturated rings. The maximum atomic E-state index is 12.9. The van der Waals surface area contributed by atoms with Crippen LogP contribution >= 0.6 is 15.9 Å². The van der Waals surface area contributed by atoms with Crippen LogP contribution < -0.4 is 14.8 Å². The normalized spacial score (nSPS) is 14.0. The third-order valence-corrected chi connectivity index (χ3v) is 6.14. The highest BCUT2D eigenvalue weighted by atomic mass is 79.9. The maximum absolute atomic E-state index is 12.9. The first-order chi connectivity index (χ1) is 18.2. The number of imide groups is 1. The number of nitro benzene ring substituents is 1. The number of urea groups is 1. The Hall–Kier alpha value is -4.65. The highest BCUT2D eigenvalue weighted by Gasteiger charge is 2.34. The summed E-state index contributed by atoms with van der Waals surface area (Å²) in [6, 6.07) is 11.5. The zero-order valence-electron chi connectivity index (χ0n) is 20.1. The first-order valence-electron chi connectivity index (χ1n) is 11.0. The van der Waals surface area contributed by atoms with E-state index in [1.54, 1.807) is 24.3 Å². The van der Waals surface area contributed by atoms with E-state index in [9.17, 15) is 24.5 Å². The van der Waals surface area contributed by atoms with Crippen molar-refractivity contribution < 1.29 is 37.9 Å². The van der Waals surface area contributed by atoms with Crippen molar-refractivity contribution in [2.45, 2.75) is 13.2 Å². The predicted molar refractivity (Wildman–Crippen MR) is 135 cm³/mol. The van der Waals surface area contributed by atoms with Crippen molar-refractivity contribution in [1.29, 1.82) is 0 Å². The van der Waals surface area contributed by atoms with E-state index in [0.717, 1.165) is 10.5 Å². The van der Waals surface area contributed by atoms with Crippen LogP contribution in [0.1, 0.15) is 27.4 Å². The lowest BCUT2D eigenvalue weighted by Gasteiger charge is -2.13. The van der Waals surface area contributed by atoms with Gasteiger partial charge in [0.1, 0.15) is 18.1 Å². The second-order valence-electron chi connectivity index (χ2n) is 7.87. The molecule has 1 aromatic heterocycles. The van der Waals surface area contributed by atoms with Gasteiger partial charge in [-0.15, -0.1) is 0 Å². The van der Waals surface area contributed by atoms with Crippen LogP contribution in [0.4, 0.5) is 10.5 Å². The minimum absolute atomic E-state index is 0.0197. The number of non-ortho nitro benzene ring substituents is 1. The molecule has 0 unspecified atom stereocenters. The SMILES string of the molecule is COC(=O)c1ccc(CN2C(=O)N/C(=C\c3cc(OC)c(OCc4ccc([N+](=O)[O-])cc4)cc3Br)C2=O)o1. The number of nitrogens with zero attached hydrogens (tertiary/aromatic N) is 2. The molecule has 1 N–H and O–H groups in total. The van der Waals surface area contributed by atoms with Crippen molar-refractivity contribution in [2.24, 2.45) is 0 Å². The number of amides is 3. The molecule has 4 rings (SSSR count). The molecule has 13 heteroatoms. The monoisotopic (exact) mass is 585 g/mol. The lowest BCUT2D eigenvalue weighted by molar-refractivity contribution is -0.384. The zero-order chi connectivity index (χ0) is 27.4. The number of carbonyl (C=O) groups excluding carboxylic acids is 3. The summed E-state index contributed by atoms with van der Waals surface area (Å²) in [5, 5.41) is 13.3. The number of methoxy groups -OCH3 is 2. The molecule has 3 amide bonds. The number of halogens is 1. The number of benzene rings is 2. The van der Waals surface area contributed by atoms with E-state index in [2.05, 4.69) is 26.0 Å². The van der Waals surface area contributed by atoms with E-state index in [4.69, 9.17) is 13.9 Å². The molecule has 2 aromatic carbocycles. The molecule has 1 saturated heterocycles. The summed E-state index contributed by atoms with van der Waals surface area (Å²) in [5.74, 6) is -0.322. The average molecular weight is 586 g/mol. The third-order valence-electron chi connectivity index (χ3n) is 5.45. The van der Waals surface area contributed by atoms with E-state index < -0.39 is 22.8 Å². The fourth-order valence-corrected chi connectivity index (χ4v) is 3.95. The largest absolute Gasteiger partial charge is 0.493 e. The Labute approximate surface area is 224 Å². The standard InChI is InChI=1S/C25H20BrN3O9/c1-35-21-10-15(18(26)11-22(21)37-13-14-3-5-16(6-4-14)29(33)34)9-19-23(30)28(25(32)27-19)12-17-7-8-20(38-17)24(31)36-2/h3-11H,12-13H2,1-2H3,(H,27,32)/b19-9-. The molecule has 0 aliphatic carbocycles. The number of nitro groups is 1.